The van der Waals surface area contributed by atoms with Crippen LogP contribution in [0.5, 0.6) is 0 Å². The molecule has 2 aliphatic rings. The lowest BCUT2D eigenvalue weighted by atomic mass is 9.99. The number of imide groups is 1. The van der Waals surface area contributed by atoms with E-state index in [1.165, 1.54) is 24.4 Å². The van der Waals surface area contributed by atoms with E-state index in [2.05, 4.69) is 10.6 Å². The highest BCUT2D eigenvalue weighted by atomic mass is 35.5. The number of nitrogens with one attached hydrogen (secondary N) is 2. The van der Waals surface area contributed by atoms with Crippen LogP contribution in [0.15, 0.2) is 60.3 Å². The largest absolute Gasteiger partial charge is 0.366 e. The van der Waals surface area contributed by atoms with Crippen molar-refractivity contribution in [1.82, 2.24) is 10.2 Å². The zero-order valence-electron chi connectivity index (χ0n) is 15.2. The summed E-state index contributed by atoms with van der Waals surface area (Å²) in [5, 5.41) is 5.79. The second-order valence-electron chi connectivity index (χ2n) is 6.74. The fourth-order valence-corrected chi connectivity index (χ4v) is 3.62. The monoisotopic (exact) mass is 414 g/mol. The summed E-state index contributed by atoms with van der Waals surface area (Å²) in [4.78, 5) is 41.0. The van der Waals surface area contributed by atoms with Gasteiger partial charge in [0.1, 0.15) is 11.9 Å². The van der Waals surface area contributed by atoms with E-state index in [4.69, 9.17) is 11.6 Å². The lowest BCUT2D eigenvalue weighted by Gasteiger charge is -2.37. The van der Waals surface area contributed by atoms with Crippen LogP contribution in [-0.2, 0) is 9.59 Å². The van der Waals surface area contributed by atoms with Gasteiger partial charge in [0, 0.05) is 24.0 Å². The van der Waals surface area contributed by atoms with Gasteiger partial charge in [0.2, 0.25) is 0 Å². The minimum atomic E-state index is -0.822. The number of benzene rings is 2. The van der Waals surface area contributed by atoms with Crippen LogP contribution in [0.2, 0.25) is 5.02 Å². The third-order valence-electron chi connectivity index (χ3n) is 4.82. The summed E-state index contributed by atoms with van der Waals surface area (Å²) in [7, 11) is 1.65. The molecular weight excluding hydrogens is 399 g/mol. The van der Waals surface area contributed by atoms with E-state index in [1.807, 2.05) is 0 Å². The number of carbonyl (C=O) groups is 3. The van der Waals surface area contributed by atoms with E-state index in [-0.39, 0.29) is 11.3 Å². The first-order valence-corrected chi connectivity index (χ1v) is 9.13. The Labute approximate surface area is 170 Å². The second kappa shape index (κ2) is 7.21. The molecule has 2 heterocycles. The van der Waals surface area contributed by atoms with E-state index in [0.717, 1.165) is 4.90 Å². The number of hydrogen-bond donors (Lipinski definition) is 2. The number of carbonyl (C=O) groups excluding carboxylic acids is 3. The highest BCUT2D eigenvalue weighted by Crippen LogP contribution is 2.30. The summed E-state index contributed by atoms with van der Waals surface area (Å²) in [5.74, 6) is -1.48. The molecule has 2 N–H and O–H groups in total. The van der Waals surface area contributed by atoms with Crippen LogP contribution < -0.4 is 15.5 Å². The Morgan fingerprint density at radius 2 is 1.90 bits per heavy atom. The second-order valence-corrected chi connectivity index (χ2v) is 7.17. The van der Waals surface area contributed by atoms with Crippen molar-refractivity contribution in [3.63, 3.8) is 0 Å². The molecule has 1 fully saturated rings. The molecule has 2 atom stereocenters. The average molecular weight is 415 g/mol. The van der Waals surface area contributed by atoms with Gasteiger partial charge in [0.25, 0.3) is 11.8 Å². The lowest BCUT2D eigenvalue weighted by molar-refractivity contribution is -0.122. The quantitative estimate of drug-likeness (QED) is 0.809. The van der Waals surface area contributed by atoms with Crippen LogP contribution in [-0.4, -0.2) is 41.9 Å². The van der Waals surface area contributed by atoms with Gasteiger partial charge in [0.15, 0.2) is 0 Å². The van der Waals surface area contributed by atoms with E-state index >= 15 is 0 Å². The Hall–Kier alpha value is -3.39. The molecular formula is C20H16ClFN4O3. The first kappa shape index (κ1) is 18.9. The van der Waals surface area contributed by atoms with Crippen molar-refractivity contribution in [3.05, 3.63) is 71.1 Å². The van der Waals surface area contributed by atoms with Gasteiger partial charge < -0.3 is 15.5 Å². The number of nitrogens with zero attached hydrogens (tertiary/aromatic N) is 2. The van der Waals surface area contributed by atoms with Gasteiger partial charge in [-0.15, -0.1) is 0 Å². The van der Waals surface area contributed by atoms with Crippen molar-refractivity contribution in [2.24, 2.45) is 0 Å². The fraction of sp³-hybridized carbons (Fsp3) is 0.150. The maximum Gasteiger partial charge on any atom is 0.329 e. The minimum Gasteiger partial charge on any atom is -0.366 e. The molecule has 148 valence electrons. The van der Waals surface area contributed by atoms with Crippen LogP contribution in [0.3, 0.4) is 0 Å². The average Bonchev–Trinajstić information content (AvgIpc) is 3.00. The van der Waals surface area contributed by atoms with Crippen LogP contribution in [0.1, 0.15) is 0 Å². The summed E-state index contributed by atoms with van der Waals surface area (Å²) >= 11 is 5.88. The number of amides is 4. The van der Waals surface area contributed by atoms with Gasteiger partial charge in [-0.05, 0) is 42.5 Å². The molecule has 2 aromatic rings. The molecule has 0 radical (unpaired) electrons. The van der Waals surface area contributed by atoms with Crippen LogP contribution in [0.4, 0.5) is 20.6 Å². The van der Waals surface area contributed by atoms with Crippen molar-refractivity contribution in [2.75, 3.05) is 17.3 Å². The normalized spacial score (nSPS) is 20.9. The summed E-state index contributed by atoms with van der Waals surface area (Å²) in [5.41, 5.74) is 0.860. The minimum absolute atomic E-state index is 0.208. The first-order valence-electron chi connectivity index (χ1n) is 8.76. The van der Waals surface area contributed by atoms with Crippen LogP contribution in [0.25, 0.3) is 0 Å². The summed E-state index contributed by atoms with van der Waals surface area (Å²) in [6.45, 7) is 0. The third kappa shape index (κ3) is 3.42. The van der Waals surface area contributed by atoms with Gasteiger partial charge >= 0.3 is 6.03 Å². The lowest BCUT2D eigenvalue weighted by Crippen LogP contribution is -2.65. The molecule has 4 rings (SSSR count). The highest BCUT2D eigenvalue weighted by molar-refractivity contribution is 6.30. The molecule has 2 aromatic carbocycles. The SMILES string of the molecule is CN1C=C(C(=O)Nc2cccc(F)c2)C2NC(=O)N(c3ccc(Cl)cc3)C(=O)C21. The maximum absolute atomic E-state index is 13.4. The number of anilines is 2. The summed E-state index contributed by atoms with van der Waals surface area (Å²) in [6, 6.07) is 9.52. The number of urea groups is 1. The fourth-order valence-electron chi connectivity index (χ4n) is 3.49. The molecule has 0 saturated carbocycles. The molecule has 29 heavy (non-hydrogen) atoms. The summed E-state index contributed by atoms with van der Waals surface area (Å²) < 4.78 is 13.4. The molecule has 9 heteroatoms. The Balaban J connectivity index is 1.57. The molecule has 0 bridgehead atoms. The van der Waals surface area contributed by atoms with E-state index in [0.29, 0.717) is 10.7 Å². The Bertz CT molecular complexity index is 1040. The number of halogens is 2. The predicted octanol–water partition coefficient (Wildman–Crippen LogP) is 2.74. The van der Waals surface area contributed by atoms with Crippen molar-refractivity contribution >= 4 is 40.8 Å². The third-order valence-corrected chi connectivity index (χ3v) is 5.07. The van der Waals surface area contributed by atoms with E-state index in [9.17, 15) is 18.8 Å². The van der Waals surface area contributed by atoms with Crippen LogP contribution in [0, 0.1) is 5.82 Å². The topological polar surface area (TPSA) is 81.8 Å². The first-order chi connectivity index (χ1) is 13.8. The maximum atomic E-state index is 13.4. The Kier molecular flexibility index (Phi) is 4.71. The van der Waals surface area contributed by atoms with Gasteiger partial charge in [-0.3, -0.25) is 9.59 Å². The smallest absolute Gasteiger partial charge is 0.329 e. The Morgan fingerprint density at radius 3 is 2.59 bits per heavy atom. The predicted molar refractivity (Wildman–Crippen MR) is 106 cm³/mol. The van der Waals surface area contributed by atoms with Crippen molar-refractivity contribution in [3.8, 4) is 0 Å². The number of hydrogen-bond acceptors (Lipinski definition) is 4. The zero-order chi connectivity index (χ0) is 20.7. The molecule has 0 aliphatic carbocycles. The number of likely N-dealkylation sites (N-methyl/N-ethyl adjacent to an activating group) is 1. The number of rotatable bonds is 3. The van der Waals surface area contributed by atoms with Gasteiger partial charge in [-0.1, -0.05) is 17.7 Å². The van der Waals surface area contributed by atoms with Gasteiger partial charge in [-0.2, -0.15) is 0 Å². The highest BCUT2D eigenvalue weighted by Gasteiger charge is 2.49. The van der Waals surface area contributed by atoms with Gasteiger partial charge in [-0.25, -0.2) is 14.1 Å². The molecule has 7 nitrogen and oxygen atoms in total. The van der Waals surface area contributed by atoms with E-state index < -0.39 is 35.7 Å². The van der Waals surface area contributed by atoms with Crippen molar-refractivity contribution < 1.29 is 18.8 Å². The number of fused-ring (bicyclic) bond motifs is 1. The van der Waals surface area contributed by atoms with Gasteiger partial charge in [0.05, 0.1) is 17.3 Å². The molecule has 2 unspecified atom stereocenters. The zero-order valence-corrected chi connectivity index (χ0v) is 16.0. The molecule has 1 saturated heterocycles. The molecule has 0 spiro atoms. The van der Waals surface area contributed by atoms with Crippen molar-refractivity contribution in [1.29, 1.82) is 0 Å². The molecule has 0 aromatic heterocycles. The molecule has 4 amide bonds. The Morgan fingerprint density at radius 1 is 1.17 bits per heavy atom. The molecule has 2 aliphatic heterocycles. The standard InChI is InChI=1S/C20H16ClFN4O3/c1-25-10-15(18(27)23-13-4-2-3-12(22)9-13)16-17(25)19(28)26(20(29)24-16)14-7-5-11(21)6-8-14/h2-10,16-17H,1H3,(H,23,27)(H,24,29). The summed E-state index contributed by atoms with van der Waals surface area (Å²) in [6.07, 6.45) is 1.51. The van der Waals surface area contributed by atoms with Crippen LogP contribution >= 0.6 is 11.6 Å². The van der Waals surface area contributed by atoms with E-state index in [1.54, 1.807) is 42.3 Å². The van der Waals surface area contributed by atoms with Crippen molar-refractivity contribution in [2.45, 2.75) is 12.1 Å².